The third kappa shape index (κ3) is 5.23. The summed E-state index contributed by atoms with van der Waals surface area (Å²) in [6.45, 7) is 0.876. The predicted octanol–water partition coefficient (Wildman–Crippen LogP) is 1.92. The van der Waals surface area contributed by atoms with Gasteiger partial charge in [0, 0.05) is 18.7 Å². The molecule has 0 saturated carbocycles. The maximum absolute atomic E-state index is 9.94. The largest absolute Gasteiger partial charge is 0.497 e. The minimum Gasteiger partial charge on any atom is -0.497 e. The van der Waals surface area contributed by atoms with Gasteiger partial charge >= 0.3 is 0 Å². The van der Waals surface area contributed by atoms with Crippen LogP contribution in [0.2, 0.25) is 0 Å². The minimum absolute atomic E-state index is 0.293. The number of methoxy groups -OCH3 is 1. The Balaban J connectivity index is 1.67. The Morgan fingerprint density at radius 2 is 2.10 bits per heavy atom. The SMILES string of the molecule is COc1cccc(OCC(O)CNC2CCSCC2)c1. The van der Waals surface area contributed by atoms with Crippen molar-refractivity contribution < 1.29 is 14.6 Å². The van der Waals surface area contributed by atoms with E-state index in [2.05, 4.69) is 5.32 Å². The van der Waals surface area contributed by atoms with Gasteiger partial charge in [-0.2, -0.15) is 11.8 Å². The smallest absolute Gasteiger partial charge is 0.123 e. The van der Waals surface area contributed by atoms with Crippen LogP contribution in [0.25, 0.3) is 0 Å². The minimum atomic E-state index is -0.490. The quantitative estimate of drug-likeness (QED) is 0.805. The van der Waals surface area contributed by atoms with Crippen LogP contribution >= 0.6 is 11.8 Å². The van der Waals surface area contributed by atoms with Crippen LogP contribution in [0.15, 0.2) is 24.3 Å². The van der Waals surface area contributed by atoms with E-state index in [0.717, 1.165) is 11.5 Å². The lowest BCUT2D eigenvalue weighted by Gasteiger charge is -2.24. The lowest BCUT2D eigenvalue weighted by Crippen LogP contribution is -2.39. The van der Waals surface area contributed by atoms with Gasteiger partial charge in [0.15, 0.2) is 0 Å². The average molecular weight is 297 g/mol. The number of hydrogen-bond acceptors (Lipinski definition) is 5. The topological polar surface area (TPSA) is 50.7 Å². The van der Waals surface area contributed by atoms with Crippen molar-refractivity contribution in [2.45, 2.75) is 25.0 Å². The van der Waals surface area contributed by atoms with Gasteiger partial charge in [0.2, 0.25) is 0 Å². The van der Waals surface area contributed by atoms with Crippen molar-refractivity contribution in [3.8, 4) is 11.5 Å². The molecule has 1 fully saturated rings. The van der Waals surface area contributed by atoms with E-state index in [9.17, 15) is 5.11 Å². The molecule has 1 aliphatic heterocycles. The lowest BCUT2D eigenvalue weighted by molar-refractivity contribution is 0.103. The molecule has 1 atom stereocenters. The van der Waals surface area contributed by atoms with E-state index < -0.39 is 6.10 Å². The van der Waals surface area contributed by atoms with Crippen molar-refractivity contribution in [1.29, 1.82) is 0 Å². The fourth-order valence-corrected chi connectivity index (χ4v) is 3.25. The molecule has 0 spiro atoms. The molecule has 0 radical (unpaired) electrons. The monoisotopic (exact) mass is 297 g/mol. The number of aliphatic hydroxyl groups excluding tert-OH is 1. The molecule has 1 aromatic carbocycles. The zero-order valence-corrected chi connectivity index (χ0v) is 12.7. The molecule has 112 valence electrons. The number of thioether (sulfide) groups is 1. The van der Waals surface area contributed by atoms with E-state index in [-0.39, 0.29) is 0 Å². The third-order valence-corrected chi connectivity index (χ3v) is 4.40. The number of hydrogen-bond donors (Lipinski definition) is 2. The highest BCUT2D eigenvalue weighted by molar-refractivity contribution is 7.99. The second kappa shape index (κ2) is 8.39. The summed E-state index contributed by atoms with van der Waals surface area (Å²) >= 11 is 2.00. The summed E-state index contributed by atoms with van der Waals surface area (Å²) < 4.78 is 10.7. The first-order valence-electron chi connectivity index (χ1n) is 7.04. The van der Waals surface area contributed by atoms with Crippen molar-refractivity contribution in [1.82, 2.24) is 5.32 Å². The van der Waals surface area contributed by atoms with E-state index in [1.807, 2.05) is 36.0 Å². The molecule has 4 nitrogen and oxygen atoms in total. The maximum atomic E-state index is 9.94. The van der Waals surface area contributed by atoms with Gasteiger partial charge in [-0.25, -0.2) is 0 Å². The Morgan fingerprint density at radius 1 is 1.35 bits per heavy atom. The summed E-state index contributed by atoms with van der Waals surface area (Å²) in [6, 6.07) is 7.96. The summed E-state index contributed by atoms with van der Waals surface area (Å²) in [5.74, 6) is 3.91. The zero-order valence-electron chi connectivity index (χ0n) is 11.9. The van der Waals surface area contributed by atoms with Crippen molar-refractivity contribution in [2.24, 2.45) is 0 Å². The maximum Gasteiger partial charge on any atom is 0.123 e. The van der Waals surface area contributed by atoms with Crippen LogP contribution in [-0.2, 0) is 0 Å². The fraction of sp³-hybridized carbons (Fsp3) is 0.600. The fourth-order valence-electron chi connectivity index (χ4n) is 2.15. The van der Waals surface area contributed by atoms with Gasteiger partial charge < -0.3 is 19.9 Å². The van der Waals surface area contributed by atoms with Crippen LogP contribution in [0.5, 0.6) is 11.5 Å². The molecule has 1 aromatic rings. The van der Waals surface area contributed by atoms with E-state index in [1.54, 1.807) is 7.11 Å². The molecular formula is C15H23NO3S. The van der Waals surface area contributed by atoms with Crippen molar-refractivity contribution in [3.63, 3.8) is 0 Å². The predicted molar refractivity (Wildman–Crippen MR) is 82.8 cm³/mol. The highest BCUT2D eigenvalue weighted by atomic mass is 32.2. The summed E-state index contributed by atoms with van der Waals surface area (Å²) in [5.41, 5.74) is 0. The Morgan fingerprint density at radius 3 is 2.85 bits per heavy atom. The van der Waals surface area contributed by atoms with Crippen molar-refractivity contribution in [3.05, 3.63) is 24.3 Å². The zero-order chi connectivity index (χ0) is 14.2. The molecular weight excluding hydrogens is 274 g/mol. The summed E-state index contributed by atoms with van der Waals surface area (Å²) in [5, 5.41) is 13.4. The Bertz CT molecular complexity index is 396. The summed E-state index contributed by atoms with van der Waals surface area (Å²) in [4.78, 5) is 0. The van der Waals surface area contributed by atoms with Gasteiger partial charge in [-0.1, -0.05) is 6.07 Å². The average Bonchev–Trinajstić information content (AvgIpc) is 2.52. The number of ether oxygens (including phenoxy) is 2. The lowest BCUT2D eigenvalue weighted by atomic mass is 10.1. The van der Waals surface area contributed by atoms with Crippen LogP contribution < -0.4 is 14.8 Å². The first-order chi connectivity index (χ1) is 9.78. The highest BCUT2D eigenvalue weighted by Crippen LogP contribution is 2.19. The number of nitrogens with one attached hydrogen (secondary N) is 1. The number of benzene rings is 1. The Hall–Kier alpha value is -0.910. The van der Waals surface area contributed by atoms with Crippen LogP contribution in [-0.4, -0.2) is 49.0 Å². The Labute approximate surface area is 124 Å². The first kappa shape index (κ1) is 15.5. The summed E-state index contributed by atoms with van der Waals surface area (Å²) in [6.07, 6.45) is 1.89. The molecule has 20 heavy (non-hydrogen) atoms. The van der Waals surface area contributed by atoms with Gasteiger partial charge in [0.1, 0.15) is 24.2 Å². The van der Waals surface area contributed by atoms with Gasteiger partial charge in [-0.05, 0) is 36.5 Å². The van der Waals surface area contributed by atoms with Gasteiger partial charge in [-0.15, -0.1) is 0 Å². The van der Waals surface area contributed by atoms with Gasteiger partial charge in [0.05, 0.1) is 7.11 Å². The number of aliphatic hydroxyl groups is 1. The first-order valence-corrected chi connectivity index (χ1v) is 8.19. The van der Waals surface area contributed by atoms with Gasteiger partial charge in [-0.3, -0.25) is 0 Å². The van der Waals surface area contributed by atoms with Crippen LogP contribution in [0.1, 0.15) is 12.8 Å². The van der Waals surface area contributed by atoms with Crippen LogP contribution in [0.3, 0.4) is 0 Å². The van der Waals surface area contributed by atoms with Crippen molar-refractivity contribution >= 4 is 11.8 Å². The van der Waals surface area contributed by atoms with Crippen LogP contribution in [0.4, 0.5) is 0 Å². The molecule has 0 amide bonds. The van der Waals surface area contributed by atoms with Crippen molar-refractivity contribution in [2.75, 3.05) is 31.8 Å². The van der Waals surface area contributed by atoms with E-state index in [1.165, 1.54) is 24.3 Å². The van der Waals surface area contributed by atoms with E-state index in [4.69, 9.17) is 9.47 Å². The molecule has 1 heterocycles. The molecule has 1 unspecified atom stereocenters. The van der Waals surface area contributed by atoms with Crippen LogP contribution in [0, 0.1) is 0 Å². The summed E-state index contributed by atoms with van der Waals surface area (Å²) in [7, 11) is 1.63. The highest BCUT2D eigenvalue weighted by Gasteiger charge is 2.14. The molecule has 2 rings (SSSR count). The van der Waals surface area contributed by atoms with Gasteiger partial charge in [0.25, 0.3) is 0 Å². The molecule has 0 bridgehead atoms. The molecule has 0 aromatic heterocycles. The molecule has 0 aliphatic carbocycles. The normalized spacial score (nSPS) is 17.7. The standard InChI is InChI=1S/C15H23NO3S/c1-18-14-3-2-4-15(9-14)19-11-13(17)10-16-12-5-7-20-8-6-12/h2-4,9,12-13,16-17H,5-8,10-11H2,1H3. The Kier molecular flexibility index (Phi) is 6.50. The second-order valence-electron chi connectivity index (χ2n) is 4.94. The molecule has 1 saturated heterocycles. The van der Waals surface area contributed by atoms with E-state index >= 15 is 0 Å². The molecule has 5 heteroatoms. The molecule has 2 N–H and O–H groups in total. The van der Waals surface area contributed by atoms with E-state index in [0.29, 0.717) is 19.2 Å². The number of rotatable bonds is 7. The third-order valence-electron chi connectivity index (χ3n) is 3.35. The molecule has 1 aliphatic rings. The second-order valence-corrected chi connectivity index (χ2v) is 6.16.